The molecule has 2 fully saturated rings. The van der Waals surface area contributed by atoms with Crippen molar-refractivity contribution in [2.75, 3.05) is 13.0 Å². The monoisotopic (exact) mass is 153 g/mol. The van der Waals surface area contributed by atoms with E-state index < -0.39 is 18.9 Å². The van der Waals surface area contributed by atoms with Crippen LogP contribution in [-0.2, 0) is 0 Å². The van der Waals surface area contributed by atoms with Crippen molar-refractivity contribution in [3.8, 4) is 0 Å². The molecule has 0 aromatic rings. The van der Waals surface area contributed by atoms with E-state index in [0.717, 1.165) is 25.8 Å². The first-order valence-corrected chi connectivity index (χ1v) is 4.23. The van der Waals surface area contributed by atoms with Crippen LogP contribution in [0.15, 0.2) is 12.2 Å². The molecule has 0 N–H and O–H groups in total. The lowest BCUT2D eigenvalue weighted by atomic mass is 9.93. The molecule has 3 rings (SSSR count). The van der Waals surface area contributed by atoms with E-state index in [9.17, 15) is 0 Å². The maximum absolute atomic E-state index is 7.88. The standard InChI is InChI=1S/C10H15N/c1-9-3-2-6-11(9)8-10(7-9)4-5-10/h2-3H,4-8H2,1H3/i1D2,6D2. The molecule has 1 unspecified atom stereocenters. The van der Waals surface area contributed by atoms with Crippen LogP contribution in [0.2, 0.25) is 0 Å². The van der Waals surface area contributed by atoms with E-state index >= 15 is 0 Å². The van der Waals surface area contributed by atoms with Gasteiger partial charge in [0.05, 0.1) is 0 Å². The number of hydrogen-bond donors (Lipinski definition) is 0. The van der Waals surface area contributed by atoms with Gasteiger partial charge in [0.25, 0.3) is 0 Å². The lowest BCUT2D eigenvalue weighted by molar-refractivity contribution is 0.245. The van der Waals surface area contributed by atoms with Gasteiger partial charge in [-0.05, 0) is 31.6 Å². The summed E-state index contributed by atoms with van der Waals surface area (Å²) in [6.07, 6.45) is 6.38. The van der Waals surface area contributed by atoms with Crippen LogP contribution in [0.4, 0.5) is 0 Å². The van der Waals surface area contributed by atoms with Crippen molar-refractivity contribution in [2.24, 2.45) is 5.41 Å². The summed E-state index contributed by atoms with van der Waals surface area (Å²) >= 11 is 0. The highest BCUT2D eigenvalue weighted by molar-refractivity contribution is 5.22. The van der Waals surface area contributed by atoms with Gasteiger partial charge in [-0.2, -0.15) is 0 Å². The predicted octanol–water partition coefficient (Wildman–Crippen LogP) is 1.80. The number of nitrogens with zero attached hydrogens (tertiary/aromatic N) is 1. The van der Waals surface area contributed by atoms with Gasteiger partial charge in [-0.3, -0.25) is 4.90 Å². The molecule has 1 heteroatoms. The Hall–Kier alpha value is -0.300. The molecular formula is C10H15N. The Balaban J connectivity index is 2.01. The average Bonchev–Trinajstić information content (AvgIpc) is 2.68. The van der Waals surface area contributed by atoms with Crippen LogP contribution in [0, 0.1) is 5.41 Å². The van der Waals surface area contributed by atoms with Crippen LogP contribution in [0.25, 0.3) is 0 Å². The lowest BCUT2D eigenvalue weighted by Crippen LogP contribution is -2.34. The number of hydrogen-bond acceptors (Lipinski definition) is 1. The van der Waals surface area contributed by atoms with E-state index in [-0.39, 0.29) is 5.41 Å². The van der Waals surface area contributed by atoms with Crippen LogP contribution < -0.4 is 0 Å². The van der Waals surface area contributed by atoms with Gasteiger partial charge >= 0.3 is 0 Å². The molecule has 1 atom stereocenters. The van der Waals surface area contributed by atoms with Crippen molar-refractivity contribution in [1.29, 1.82) is 0 Å². The van der Waals surface area contributed by atoms with Gasteiger partial charge in [-0.25, -0.2) is 0 Å². The Labute approximate surface area is 73.7 Å². The van der Waals surface area contributed by atoms with Gasteiger partial charge in [0.2, 0.25) is 0 Å². The highest BCUT2D eigenvalue weighted by atomic mass is 15.2. The summed E-state index contributed by atoms with van der Waals surface area (Å²) in [6.45, 7) is -1.72. The fourth-order valence-corrected chi connectivity index (χ4v) is 2.33. The Kier molecular flexibility index (Phi) is 0.512. The van der Waals surface area contributed by atoms with Gasteiger partial charge in [0, 0.05) is 24.1 Å². The van der Waals surface area contributed by atoms with Crippen molar-refractivity contribution in [2.45, 2.75) is 31.7 Å². The zero-order chi connectivity index (χ0) is 10.9. The van der Waals surface area contributed by atoms with E-state index in [1.807, 2.05) is 0 Å². The van der Waals surface area contributed by atoms with Crippen molar-refractivity contribution >= 4 is 0 Å². The minimum Gasteiger partial charge on any atom is -0.290 e. The molecule has 1 saturated heterocycles. The second-order valence-electron chi connectivity index (χ2n) is 4.22. The van der Waals surface area contributed by atoms with E-state index in [4.69, 9.17) is 5.48 Å². The summed E-state index contributed by atoms with van der Waals surface area (Å²) in [5, 5.41) is 0. The number of fused-ring (bicyclic) bond motifs is 1. The third-order valence-electron chi connectivity index (χ3n) is 3.21. The van der Waals surface area contributed by atoms with Crippen molar-refractivity contribution in [1.82, 2.24) is 4.90 Å². The highest BCUT2D eigenvalue weighted by Crippen LogP contribution is 2.59. The summed E-state index contributed by atoms with van der Waals surface area (Å²) in [5.41, 5.74) is -0.418. The molecule has 2 aliphatic heterocycles. The van der Waals surface area contributed by atoms with Gasteiger partial charge in [-0.1, -0.05) is 12.2 Å². The molecule has 0 radical (unpaired) electrons. The zero-order valence-electron chi connectivity index (χ0n) is 10.5. The Morgan fingerprint density at radius 3 is 3.18 bits per heavy atom. The minimum absolute atomic E-state index is 0.235. The minimum atomic E-state index is -1.45. The first-order chi connectivity index (χ1) is 6.90. The molecular weight excluding hydrogens is 134 g/mol. The highest BCUT2D eigenvalue weighted by Gasteiger charge is 2.56. The van der Waals surface area contributed by atoms with Crippen molar-refractivity contribution < 1.29 is 5.48 Å². The Morgan fingerprint density at radius 1 is 1.64 bits per heavy atom. The quantitative estimate of drug-likeness (QED) is 0.480. The van der Waals surface area contributed by atoms with Crippen LogP contribution in [0.5, 0.6) is 0 Å². The third kappa shape index (κ3) is 0.698. The van der Waals surface area contributed by atoms with E-state index in [2.05, 4.69) is 0 Å². The summed E-state index contributed by atoms with van der Waals surface area (Å²) in [4.78, 5) is 1.73. The van der Waals surface area contributed by atoms with Gasteiger partial charge in [-0.15, -0.1) is 0 Å². The third-order valence-corrected chi connectivity index (χ3v) is 3.21. The number of rotatable bonds is 0. The normalized spacial score (nSPS) is 55.4. The Bertz CT molecular complexity index is 334. The molecule has 1 spiro atoms. The summed E-state index contributed by atoms with van der Waals surface area (Å²) in [6, 6.07) is 0. The molecule has 0 aromatic heterocycles. The molecule has 0 amide bonds. The summed E-state index contributed by atoms with van der Waals surface area (Å²) < 4.78 is 31.1. The topological polar surface area (TPSA) is 3.24 Å². The molecule has 11 heavy (non-hydrogen) atoms. The molecule has 1 saturated carbocycles. The lowest BCUT2D eigenvalue weighted by Gasteiger charge is -2.25. The second kappa shape index (κ2) is 1.56. The van der Waals surface area contributed by atoms with E-state index in [1.54, 1.807) is 11.0 Å². The molecule has 1 aliphatic carbocycles. The van der Waals surface area contributed by atoms with Crippen LogP contribution in [0.1, 0.15) is 31.6 Å². The smallest absolute Gasteiger partial charge is 0.0475 e. The van der Waals surface area contributed by atoms with Crippen LogP contribution in [-0.4, -0.2) is 23.5 Å². The van der Waals surface area contributed by atoms with Crippen molar-refractivity contribution in [3.63, 3.8) is 0 Å². The SMILES string of the molecule is [2H]C([2H])C12C=CC([2H])([2H])N1CC1(CC1)C2. The summed E-state index contributed by atoms with van der Waals surface area (Å²) in [5.74, 6) is 0. The van der Waals surface area contributed by atoms with Crippen molar-refractivity contribution in [3.05, 3.63) is 12.2 Å². The fraction of sp³-hybridized carbons (Fsp3) is 0.800. The molecule has 1 nitrogen and oxygen atoms in total. The first-order valence-electron chi connectivity index (χ1n) is 6.39. The van der Waals surface area contributed by atoms with E-state index in [0.29, 0.717) is 0 Å². The molecule has 0 bridgehead atoms. The molecule has 2 heterocycles. The first kappa shape index (κ1) is 3.61. The maximum Gasteiger partial charge on any atom is 0.0475 e. The van der Waals surface area contributed by atoms with Gasteiger partial charge in [0.1, 0.15) is 0 Å². The maximum atomic E-state index is 7.88. The van der Waals surface area contributed by atoms with Gasteiger partial charge < -0.3 is 0 Å². The summed E-state index contributed by atoms with van der Waals surface area (Å²) in [7, 11) is 0. The largest absolute Gasteiger partial charge is 0.290 e. The van der Waals surface area contributed by atoms with E-state index in [1.165, 1.54) is 6.08 Å². The fourth-order valence-electron chi connectivity index (χ4n) is 2.33. The Morgan fingerprint density at radius 2 is 2.55 bits per heavy atom. The van der Waals surface area contributed by atoms with Crippen LogP contribution in [0.3, 0.4) is 0 Å². The predicted molar refractivity (Wildman–Crippen MR) is 45.4 cm³/mol. The second-order valence-corrected chi connectivity index (χ2v) is 4.22. The zero-order valence-corrected chi connectivity index (χ0v) is 6.51. The molecule has 60 valence electrons. The molecule has 3 aliphatic rings. The van der Waals surface area contributed by atoms with Gasteiger partial charge in [0.15, 0.2) is 0 Å². The molecule has 0 aromatic carbocycles. The van der Waals surface area contributed by atoms with Crippen LogP contribution >= 0.6 is 0 Å². The average molecular weight is 153 g/mol.